The van der Waals surface area contributed by atoms with E-state index in [2.05, 4.69) is 15.6 Å². The molecular weight excluding hydrogens is 344 g/mol. The number of hydrogen-bond acceptors (Lipinski definition) is 6. The van der Waals surface area contributed by atoms with Gasteiger partial charge in [0.05, 0.1) is 21.6 Å². The van der Waals surface area contributed by atoms with Crippen LogP contribution in [0.5, 0.6) is 0 Å². The van der Waals surface area contributed by atoms with E-state index in [4.69, 9.17) is 0 Å². The summed E-state index contributed by atoms with van der Waals surface area (Å²) in [5.41, 5.74) is 2.46. The average molecular weight is 354 g/mol. The van der Waals surface area contributed by atoms with Crippen LogP contribution in [0.2, 0.25) is 0 Å². The lowest BCUT2D eigenvalue weighted by Gasteiger charge is -2.04. The molecule has 9 heteroatoms. The highest BCUT2D eigenvalue weighted by Gasteiger charge is 2.19. The minimum absolute atomic E-state index is 0.0233. The Morgan fingerprint density at radius 3 is 2.92 bits per heavy atom. The second kappa shape index (κ2) is 5.64. The van der Waals surface area contributed by atoms with Crippen LogP contribution in [0, 0.1) is 10.1 Å². The molecule has 0 atom stereocenters. The average Bonchev–Trinajstić information content (AvgIpc) is 3.14. The highest BCUT2D eigenvalue weighted by atomic mass is 32.1. The molecule has 0 saturated carbocycles. The second-order valence-electron chi connectivity index (χ2n) is 5.48. The molecule has 1 aliphatic rings. The molecule has 3 aromatic rings. The Bertz CT molecular complexity index is 1060. The van der Waals surface area contributed by atoms with Crippen LogP contribution in [-0.4, -0.2) is 21.7 Å². The van der Waals surface area contributed by atoms with Gasteiger partial charge in [0, 0.05) is 23.4 Å². The number of nitro groups is 1. The molecule has 4 rings (SSSR count). The van der Waals surface area contributed by atoms with E-state index < -0.39 is 4.92 Å². The molecule has 0 fully saturated rings. The first-order valence-electron chi connectivity index (χ1n) is 7.29. The first-order chi connectivity index (χ1) is 12.0. The maximum Gasteiger partial charge on any atom is 0.270 e. The fourth-order valence-electron chi connectivity index (χ4n) is 2.62. The largest absolute Gasteiger partial charge is 0.326 e. The zero-order valence-electron chi connectivity index (χ0n) is 12.6. The Kier molecular flexibility index (Phi) is 3.43. The monoisotopic (exact) mass is 354 g/mol. The Morgan fingerprint density at radius 2 is 2.12 bits per heavy atom. The summed E-state index contributed by atoms with van der Waals surface area (Å²) >= 11 is 1.16. The van der Waals surface area contributed by atoms with Crippen LogP contribution in [-0.2, 0) is 11.2 Å². The van der Waals surface area contributed by atoms with Gasteiger partial charge in [0.1, 0.15) is 0 Å². The van der Waals surface area contributed by atoms with Crippen molar-refractivity contribution in [2.45, 2.75) is 6.42 Å². The zero-order chi connectivity index (χ0) is 17.6. The number of carbonyl (C=O) groups is 2. The van der Waals surface area contributed by atoms with Crippen molar-refractivity contribution in [3.63, 3.8) is 0 Å². The van der Waals surface area contributed by atoms with Crippen molar-refractivity contribution in [1.29, 1.82) is 0 Å². The molecule has 0 saturated heterocycles. The number of amides is 2. The van der Waals surface area contributed by atoms with E-state index in [1.54, 1.807) is 24.3 Å². The molecule has 0 spiro atoms. The van der Waals surface area contributed by atoms with E-state index in [0.717, 1.165) is 16.9 Å². The van der Waals surface area contributed by atoms with Crippen LogP contribution in [0.3, 0.4) is 0 Å². The predicted octanol–water partition coefficient (Wildman–Crippen LogP) is 2.95. The molecule has 25 heavy (non-hydrogen) atoms. The molecule has 1 aromatic heterocycles. The number of benzene rings is 2. The number of non-ortho nitro benzene ring substituents is 1. The molecule has 0 unspecified atom stereocenters. The maximum absolute atomic E-state index is 12.4. The van der Waals surface area contributed by atoms with Gasteiger partial charge in [-0.15, -0.1) is 0 Å². The topological polar surface area (TPSA) is 114 Å². The van der Waals surface area contributed by atoms with Gasteiger partial charge in [-0.1, -0.05) is 11.3 Å². The summed E-state index contributed by atoms with van der Waals surface area (Å²) in [6.45, 7) is 0. The Balaban J connectivity index is 1.58. The zero-order valence-corrected chi connectivity index (χ0v) is 13.4. The van der Waals surface area contributed by atoms with E-state index >= 15 is 0 Å². The van der Waals surface area contributed by atoms with Crippen LogP contribution in [0.25, 0.3) is 10.2 Å². The Morgan fingerprint density at radius 1 is 1.28 bits per heavy atom. The predicted molar refractivity (Wildman–Crippen MR) is 93.0 cm³/mol. The number of aromatic nitrogens is 1. The number of nitrogens with zero attached hydrogens (tertiary/aromatic N) is 2. The van der Waals surface area contributed by atoms with Crippen molar-refractivity contribution < 1.29 is 14.5 Å². The fourth-order valence-corrected chi connectivity index (χ4v) is 3.51. The van der Waals surface area contributed by atoms with Gasteiger partial charge >= 0.3 is 0 Å². The summed E-state index contributed by atoms with van der Waals surface area (Å²) in [4.78, 5) is 38.4. The molecule has 0 radical (unpaired) electrons. The Labute approximate surface area is 144 Å². The summed E-state index contributed by atoms with van der Waals surface area (Å²) in [7, 11) is 0. The van der Waals surface area contributed by atoms with Crippen molar-refractivity contribution in [1.82, 2.24) is 4.98 Å². The molecule has 2 N–H and O–H groups in total. The number of carbonyl (C=O) groups excluding carboxylic acids is 2. The number of anilines is 2. The summed E-state index contributed by atoms with van der Waals surface area (Å²) in [5, 5.41) is 16.6. The molecule has 2 amide bonds. The quantitative estimate of drug-likeness (QED) is 0.554. The van der Waals surface area contributed by atoms with E-state index in [-0.39, 0.29) is 23.9 Å². The third-order valence-corrected chi connectivity index (χ3v) is 4.73. The van der Waals surface area contributed by atoms with Gasteiger partial charge in [0.25, 0.3) is 11.6 Å². The molecule has 0 aliphatic carbocycles. The summed E-state index contributed by atoms with van der Waals surface area (Å²) < 4.78 is 0.619. The lowest BCUT2D eigenvalue weighted by molar-refractivity contribution is -0.384. The van der Waals surface area contributed by atoms with Crippen molar-refractivity contribution in [3.8, 4) is 0 Å². The number of nitrogens with one attached hydrogen (secondary N) is 2. The van der Waals surface area contributed by atoms with E-state index in [1.165, 1.54) is 12.1 Å². The maximum atomic E-state index is 12.4. The number of hydrogen-bond donors (Lipinski definition) is 2. The SMILES string of the molecule is O=C1Cc2cc(C(=O)Nc3nc4ccc([N+](=O)[O-])cc4s3)ccc2N1. The number of fused-ring (bicyclic) bond motifs is 2. The third-order valence-electron chi connectivity index (χ3n) is 3.80. The first kappa shape index (κ1) is 15.2. The van der Waals surface area contributed by atoms with Crippen molar-refractivity contribution in [2.75, 3.05) is 10.6 Å². The van der Waals surface area contributed by atoms with Gasteiger partial charge < -0.3 is 5.32 Å². The fraction of sp³-hybridized carbons (Fsp3) is 0.0625. The molecular formula is C16H10N4O4S. The standard InChI is InChI=1S/C16H10N4O4S/c21-14-6-9-5-8(1-3-11(9)17-14)15(22)19-16-18-12-4-2-10(20(23)24)7-13(12)25-16/h1-5,7H,6H2,(H,17,21)(H,18,19,22). The summed E-state index contributed by atoms with van der Waals surface area (Å²) in [5.74, 6) is -0.448. The van der Waals surface area contributed by atoms with Gasteiger partial charge in [-0.2, -0.15) is 0 Å². The van der Waals surface area contributed by atoms with Crippen LogP contribution in [0.15, 0.2) is 36.4 Å². The summed E-state index contributed by atoms with van der Waals surface area (Å²) in [6, 6.07) is 9.33. The number of rotatable bonds is 3. The highest BCUT2D eigenvalue weighted by Crippen LogP contribution is 2.30. The lowest BCUT2D eigenvalue weighted by atomic mass is 10.1. The van der Waals surface area contributed by atoms with Crippen LogP contribution >= 0.6 is 11.3 Å². The first-order valence-corrected chi connectivity index (χ1v) is 8.10. The molecule has 124 valence electrons. The van der Waals surface area contributed by atoms with Crippen molar-refractivity contribution in [2.24, 2.45) is 0 Å². The minimum atomic E-state index is -0.475. The minimum Gasteiger partial charge on any atom is -0.326 e. The highest BCUT2D eigenvalue weighted by molar-refractivity contribution is 7.22. The van der Waals surface area contributed by atoms with Gasteiger partial charge in [-0.05, 0) is 29.8 Å². The lowest BCUT2D eigenvalue weighted by Crippen LogP contribution is -2.11. The van der Waals surface area contributed by atoms with E-state index in [0.29, 0.717) is 26.6 Å². The number of nitro benzene ring substituents is 1. The molecule has 2 heterocycles. The van der Waals surface area contributed by atoms with E-state index in [1.807, 2.05) is 0 Å². The van der Waals surface area contributed by atoms with Gasteiger partial charge in [-0.25, -0.2) is 4.98 Å². The summed E-state index contributed by atoms with van der Waals surface area (Å²) in [6.07, 6.45) is 0.251. The van der Waals surface area contributed by atoms with Crippen LogP contribution in [0.1, 0.15) is 15.9 Å². The molecule has 0 bridgehead atoms. The van der Waals surface area contributed by atoms with Crippen molar-refractivity contribution >= 4 is 49.9 Å². The molecule has 1 aliphatic heterocycles. The molecule has 2 aromatic carbocycles. The Hall–Kier alpha value is -3.33. The van der Waals surface area contributed by atoms with Crippen LogP contribution in [0.4, 0.5) is 16.5 Å². The normalized spacial score (nSPS) is 12.7. The smallest absolute Gasteiger partial charge is 0.270 e. The third kappa shape index (κ3) is 2.81. The van der Waals surface area contributed by atoms with Crippen molar-refractivity contribution in [3.05, 3.63) is 57.6 Å². The molecule has 8 nitrogen and oxygen atoms in total. The van der Waals surface area contributed by atoms with Gasteiger partial charge in [0.15, 0.2) is 5.13 Å². The second-order valence-corrected chi connectivity index (χ2v) is 6.51. The van der Waals surface area contributed by atoms with Crippen LogP contribution < -0.4 is 10.6 Å². The van der Waals surface area contributed by atoms with Gasteiger partial charge in [0.2, 0.25) is 5.91 Å². The number of thiazole rings is 1. The van der Waals surface area contributed by atoms with Gasteiger partial charge in [-0.3, -0.25) is 25.0 Å². The van der Waals surface area contributed by atoms with E-state index in [9.17, 15) is 19.7 Å².